The second-order valence-electron chi connectivity index (χ2n) is 7.91. The number of anilines is 1. The molecule has 0 aliphatic carbocycles. The van der Waals surface area contributed by atoms with E-state index in [1.807, 2.05) is 80.6 Å². The normalized spacial score (nSPS) is 15.4. The average Bonchev–Trinajstić information content (AvgIpc) is 2.78. The van der Waals surface area contributed by atoms with Gasteiger partial charge in [-0.2, -0.15) is 0 Å². The molecule has 1 amide bonds. The van der Waals surface area contributed by atoms with Crippen molar-refractivity contribution in [2.24, 2.45) is 0 Å². The molecule has 1 saturated heterocycles. The first kappa shape index (κ1) is 20.8. The molecule has 2 aromatic carbocycles. The lowest BCUT2D eigenvalue weighted by atomic mass is 10.0. The number of rotatable bonds is 6. The van der Waals surface area contributed by atoms with E-state index in [4.69, 9.17) is 4.74 Å². The van der Waals surface area contributed by atoms with Crippen LogP contribution in [0.1, 0.15) is 36.0 Å². The molecule has 6 nitrogen and oxygen atoms in total. The smallest absolute Gasteiger partial charge is 0.266 e. The van der Waals surface area contributed by atoms with E-state index in [2.05, 4.69) is 20.2 Å². The number of para-hydroxylation sites is 1. The van der Waals surface area contributed by atoms with Gasteiger partial charge in [-0.1, -0.05) is 48.5 Å². The molecule has 1 fully saturated rings. The minimum Gasteiger partial charge on any atom is -0.476 e. The van der Waals surface area contributed by atoms with Crippen molar-refractivity contribution in [3.63, 3.8) is 0 Å². The van der Waals surface area contributed by atoms with Gasteiger partial charge in [0.15, 0.2) is 0 Å². The summed E-state index contributed by atoms with van der Waals surface area (Å²) in [7, 11) is 0. The summed E-state index contributed by atoms with van der Waals surface area (Å²) in [6.45, 7) is 5.59. The molecule has 1 aliphatic rings. The van der Waals surface area contributed by atoms with Gasteiger partial charge in [0, 0.05) is 36.5 Å². The Hall–Kier alpha value is -3.41. The highest BCUT2D eigenvalue weighted by molar-refractivity contribution is 5.83. The summed E-state index contributed by atoms with van der Waals surface area (Å²) in [6.07, 6.45) is 1.04. The predicted octanol–water partition coefficient (Wildman–Crippen LogP) is 4.00. The van der Waals surface area contributed by atoms with E-state index in [-0.39, 0.29) is 11.9 Å². The summed E-state index contributed by atoms with van der Waals surface area (Å²) < 4.78 is 6.08. The number of aryl methyl sites for hydroxylation is 2. The van der Waals surface area contributed by atoms with Gasteiger partial charge in [0.05, 0.1) is 0 Å². The summed E-state index contributed by atoms with van der Waals surface area (Å²) in [6, 6.07) is 21.2. The summed E-state index contributed by atoms with van der Waals surface area (Å²) in [5, 5.41) is 3.21. The molecule has 0 radical (unpaired) electrons. The van der Waals surface area contributed by atoms with Gasteiger partial charge in [0.1, 0.15) is 17.4 Å². The van der Waals surface area contributed by atoms with Gasteiger partial charge in [-0.3, -0.25) is 4.79 Å². The van der Waals surface area contributed by atoms with Crippen molar-refractivity contribution in [3.05, 3.63) is 83.8 Å². The molecule has 0 spiro atoms. The Morgan fingerprint density at radius 1 is 1.00 bits per heavy atom. The molecule has 160 valence electrons. The maximum absolute atomic E-state index is 13.2. The third kappa shape index (κ3) is 5.40. The number of benzene rings is 2. The number of carbonyl (C=O) groups excluding carboxylic acids is 1. The van der Waals surface area contributed by atoms with Crippen molar-refractivity contribution in [3.8, 4) is 5.75 Å². The van der Waals surface area contributed by atoms with E-state index < -0.39 is 6.10 Å². The number of amides is 1. The van der Waals surface area contributed by atoms with Crippen LogP contribution >= 0.6 is 0 Å². The number of ether oxygens (including phenoxy) is 1. The summed E-state index contributed by atoms with van der Waals surface area (Å²) >= 11 is 0. The van der Waals surface area contributed by atoms with Crippen LogP contribution in [0.25, 0.3) is 0 Å². The van der Waals surface area contributed by atoms with Gasteiger partial charge >= 0.3 is 0 Å². The Balaban J connectivity index is 1.41. The minimum atomic E-state index is -0.686. The fraction of sp³-hybridized carbons (Fsp3) is 0.320. The summed E-state index contributed by atoms with van der Waals surface area (Å²) in [4.78, 5) is 24.4. The Morgan fingerprint density at radius 2 is 1.65 bits per heavy atom. The molecule has 3 aromatic rings. The number of carbonyl (C=O) groups is 1. The third-order valence-corrected chi connectivity index (χ3v) is 5.46. The van der Waals surface area contributed by atoms with Gasteiger partial charge < -0.3 is 15.0 Å². The summed E-state index contributed by atoms with van der Waals surface area (Å²) in [5.74, 6) is 2.32. The van der Waals surface area contributed by atoms with Crippen LogP contribution in [0.15, 0.2) is 66.7 Å². The Bertz CT molecular complexity index is 982. The first-order valence-corrected chi connectivity index (χ1v) is 10.7. The van der Waals surface area contributed by atoms with Crippen LogP contribution in [0.4, 0.5) is 5.82 Å². The van der Waals surface area contributed by atoms with Gasteiger partial charge in [-0.25, -0.2) is 9.97 Å². The molecular formula is C25H28N4O2. The minimum absolute atomic E-state index is 0.109. The predicted molar refractivity (Wildman–Crippen MR) is 121 cm³/mol. The SMILES string of the molecule is Cc1cc(N2CCC(NC(=O)C(Oc3ccccc3)c3ccccc3)CC2)nc(C)n1. The van der Waals surface area contributed by atoms with E-state index >= 15 is 0 Å². The largest absolute Gasteiger partial charge is 0.476 e. The molecule has 1 atom stereocenters. The van der Waals surface area contributed by atoms with Crippen LogP contribution in [-0.2, 0) is 4.79 Å². The monoisotopic (exact) mass is 416 g/mol. The molecule has 6 heteroatoms. The molecule has 1 unspecified atom stereocenters. The van der Waals surface area contributed by atoms with Crippen LogP contribution in [-0.4, -0.2) is 35.0 Å². The molecule has 0 saturated carbocycles. The van der Waals surface area contributed by atoms with Crippen molar-refractivity contribution in [2.45, 2.75) is 38.8 Å². The second kappa shape index (κ2) is 9.60. The molecule has 0 bridgehead atoms. The van der Waals surface area contributed by atoms with Crippen molar-refractivity contribution >= 4 is 11.7 Å². The fourth-order valence-electron chi connectivity index (χ4n) is 3.93. The molecule has 1 N–H and O–H groups in total. The van der Waals surface area contributed by atoms with Crippen molar-refractivity contribution in [1.29, 1.82) is 0 Å². The van der Waals surface area contributed by atoms with Crippen LogP contribution in [0.2, 0.25) is 0 Å². The van der Waals surface area contributed by atoms with E-state index in [1.54, 1.807) is 0 Å². The lowest BCUT2D eigenvalue weighted by molar-refractivity contribution is -0.129. The maximum atomic E-state index is 13.2. The molecule has 1 aromatic heterocycles. The van der Waals surface area contributed by atoms with E-state index in [9.17, 15) is 4.79 Å². The zero-order chi connectivity index (χ0) is 21.6. The van der Waals surface area contributed by atoms with Gasteiger partial charge in [0.25, 0.3) is 5.91 Å². The lowest BCUT2D eigenvalue weighted by Crippen LogP contribution is -2.47. The molecule has 31 heavy (non-hydrogen) atoms. The number of piperidine rings is 1. The van der Waals surface area contributed by atoms with Crippen LogP contribution in [0.3, 0.4) is 0 Å². The van der Waals surface area contributed by atoms with Crippen molar-refractivity contribution < 1.29 is 9.53 Å². The fourth-order valence-corrected chi connectivity index (χ4v) is 3.93. The quantitative estimate of drug-likeness (QED) is 0.658. The highest BCUT2D eigenvalue weighted by Crippen LogP contribution is 2.24. The number of nitrogens with zero attached hydrogens (tertiary/aromatic N) is 3. The van der Waals surface area contributed by atoms with Gasteiger partial charge in [-0.15, -0.1) is 0 Å². The van der Waals surface area contributed by atoms with Crippen LogP contribution < -0.4 is 15.0 Å². The molecular weight excluding hydrogens is 388 g/mol. The number of nitrogens with one attached hydrogen (secondary N) is 1. The molecule has 1 aliphatic heterocycles. The zero-order valence-electron chi connectivity index (χ0n) is 18.0. The van der Waals surface area contributed by atoms with Crippen LogP contribution in [0, 0.1) is 13.8 Å². The second-order valence-corrected chi connectivity index (χ2v) is 7.91. The van der Waals surface area contributed by atoms with E-state index in [0.717, 1.165) is 48.8 Å². The third-order valence-electron chi connectivity index (χ3n) is 5.46. The Morgan fingerprint density at radius 3 is 2.29 bits per heavy atom. The van der Waals surface area contributed by atoms with E-state index in [0.29, 0.717) is 5.75 Å². The lowest BCUT2D eigenvalue weighted by Gasteiger charge is -2.34. The topological polar surface area (TPSA) is 67.4 Å². The van der Waals surface area contributed by atoms with Gasteiger partial charge in [0.2, 0.25) is 6.10 Å². The highest BCUT2D eigenvalue weighted by atomic mass is 16.5. The summed E-state index contributed by atoms with van der Waals surface area (Å²) in [5.41, 5.74) is 1.81. The van der Waals surface area contributed by atoms with Crippen LogP contribution in [0.5, 0.6) is 5.75 Å². The number of hydrogen-bond acceptors (Lipinski definition) is 5. The maximum Gasteiger partial charge on any atom is 0.266 e. The molecule has 2 heterocycles. The van der Waals surface area contributed by atoms with Crippen molar-refractivity contribution in [1.82, 2.24) is 15.3 Å². The first-order chi connectivity index (χ1) is 15.1. The van der Waals surface area contributed by atoms with Crippen molar-refractivity contribution in [2.75, 3.05) is 18.0 Å². The van der Waals surface area contributed by atoms with Gasteiger partial charge in [-0.05, 0) is 38.8 Å². The standard InChI is InChI=1S/C25H28N4O2/c1-18-17-23(27-19(2)26-18)29-15-13-21(14-16-29)28-25(30)24(20-9-5-3-6-10-20)31-22-11-7-4-8-12-22/h3-12,17,21,24H,13-16H2,1-2H3,(H,28,30). The zero-order valence-corrected chi connectivity index (χ0v) is 18.0. The number of hydrogen-bond donors (Lipinski definition) is 1. The van der Waals surface area contributed by atoms with E-state index in [1.165, 1.54) is 0 Å². The number of aromatic nitrogens is 2. The Kier molecular flexibility index (Phi) is 6.46. The highest BCUT2D eigenvalue weighted by Gasteiger charge is 2.27. The Labute approximate surface area is 183 Å². The first-order valence-electron chi connectivity index (χ1n) is 10.7. The average molecular weight is 417 g/mol. The molecule has 4 rings (SSSR count).